The number of amides is 1. The smallest absolute Gasteiger partial charge is 0.278 e. The zero-order valence-corrected chi connectivity index (χ0v) is 12.0. The molecule has 0 atom stereocenters. The van der Waals surface area contributed by atoms with Crippen LogP contribution in [0.15, 0.2) is 60.8 Å². The van der Waals surface area contributed by atoms with Gasteiger partial charge in [-0.05, 0) is 24.3 Å². The Labute approximate surface area is 135 Å². The summed E-state index contributed by atoms with van der Waals surface area (Å²) >= 11 is 0. The van der Waals surface area contributed by atoms with E-state index in [9.17, 15) is 9.18 Å². The van der Waals surface area contributed by atoms with Crippen molar-refractivity contribution in [1.29, 1.82) is 0 Å². The van der Waals surface area contributed by atoms with Gasteiger partial charge in [0.25, 0.3) is 5.91 Å². The van der Waals surface area contributed by atoms with Gasteiger partial charge in [0.05, 0.1) is 11.9 Å². The van der Waals surface area contributed by atoms with E-state index in [1.54, 1.807) is 36.4 Å². The van der Waals surface area contributed by atoms with Gasteiger partial charge in [-0.25, -0.2) is 14.4 Å². The Kier molecular flexibility index (Phi) is 3.97. The highest BCUT2D eigenvalue weighted by molar-refractivity contribution is 6.05. The number of nitrogens with two attached hydrogens (primary N) is 1. The van der Waals surface area contributed by atoms with Crippen molar-refractivity contribution in [3.63, 3.8) is 0 Å². The van der Waals surface area contributed by atoms with Gasteiger partial charge in [0.15, 0.2) is 11.5 Å². The maximum atomic E-state index is 13.3. The van der Waals surface area contributed by atoms with Crippen molar-refractivity contribution in [2.24, 2.45) is 0 Å². The van der Waals surface area contributed by atoms with Gasteiger partial charge in [-0.2, -0.15) is 0 Å². The molecule has 23 heavy (non-hydrogen) atoms. The number of anilines is 2. The monoisotopic (exact) mass is 312 g/mol. The fourth-order valence-corrected chi connectivity index (χ4v) is 2.06. The van der Waals surface area contributed by atoms with E-state index >= 15 is 0 Å². The predicted molar refractivity (Wildman–Crippen MR) is 90.5 cm³/mol. The number of nitrogen functional groups attached to an aromatic ring is 1. The number of hydrogen-bond acceptors (Lipinski definition) is 4. The maximum Gasteiger partial charge on any atom is 0.278 e. The molecule has 5 nitrogen and oxygen atoms in total. The molecule has 2 aromatic carbocycles. The fourth-order valence-electron chi connectivity index (χ4n) is 2.06. The number of halogens is 1. The molecule has 118 valence electrons. The highest BCUT2D eigenvalue weighted by Gasteiger charge is 2.15. The number of para-hydroxylation sites is 1. The number of rotatable bonds is 3. The van der Waals surface area contributed by atoms with Gasteiger partial charge in [0, 0.05) is 14.1 Å². The normalized spacial score (nSPS) is 10.3. The number of nitrogens with zero attached hydrogens (tertiary/aromatic N) is 2. The Morgan fingerprint density at radius 1 is 1.13 bits per heavy atom. The minimum Gasteiger partial charge on any atom is -0.382 e. The summed E-state index contributed by atoms with van der Waals surface area (Å²) in [5, 5.41) is 2.69. The highest BCUT2D eigenvalue weighted by atomic mass is 19.1. The number of carbonyl (C=O) groups excluding carboxylic acids is 1. The summed E-state index contributed by atoms with van der Waals surface area (Å²) in [6, 6.07) is 14.8. The van der Waals surface area contributed by atoms with Crippen molar-refractivity contribution in [2.45, 2.75) is 0 Å². The molecule has 1 amide bonds. The molecule has 0 unspecified atom stereocenters. The Morgan fingerprint density at radius 3 is 2.65 bits per heavy atom. The molecule has 3 N–H and O–H groups in total. The average molecular weight is 312 g/mol. The SMILES string of the molecule is Nc1ncc(-c2cccc(F)c2)nc1C(=O)Nc1ccccc1.[HH].[HH]. The van der Waals surface area contributed by atoms with Gasteiger partial charge >= 0.3 is 0 Å². The molecule has 0 aliphatic carbocycles. The third-order valence-corrected chi connectivity index (χ3v) is 3.17. The summed E-state index contributed by atoms with van der Waals surface area (Å²) in [7, 11) is 0. The van der Waals surface area contributed by atoms with Gasteiger partial charge in [0.2, 0.25) is 0 Å². The Balaban J connectivity index is 0.00000156. The first-order valence-electron chi connectivity index (χ1n) is 6.88. The van der Waals surface area contributed by atoms with Gasteiger partial charge in [-0.1, -0.05) is 30.3 Å². The van der Waals surface area contributed by atoms with Crippen LogP contribution in [-0.4, -0.2) is 15.9 Å². The van der Waals surface area contributed by atoms with E-state index < -0.39 is 11.7 Å². The second-order valence-electron chi connectivity index (χ2n) is 4.82. The summed E-state index contributed by atoms with van der Waals surface area (Å²) in [5.74, 6) is -0.852. The Bertz CT molecular complexity index is 862. The summed E-state index contributed by atoms with van der Waals surface area (Å²) in [5.41, 5.74) is 7.25. The number of aromatic nitrogens is 2. The first-order valence-corrected chi connectivity index (χ1v) is 6.88. The molecule has 3 rings (SSSR count). The number of hydrogen-bond donors (Lipinski definition) is 2. The molecular formula is C17H17FN4O. The maximum absolute atomic E-state index is 13.3. The summed E-state index contributed by atoms with van der Waals surface area (Å²) in [6.07, 6.45) is 1.41. The van der Waals surface area contributed by atoms with Crippen LogP contribution < -0.4 is 11.1 Å². The van der Waals surface area contributed by atoms with Gasteiger partial charge < -0.3 is 11.1 Å². The molecular weight excluding hydrogens is 295 g/mol. The topological polar surface area (TPSA) is 80.9 Å². The molecule has 0 bridgehead atoms. The number of benzene rings is 2. The first kappa shape index (κ1) is 14.6. The van der Waals surface area contributed by atoms with Crippen LogP contribution in [0.2, 0.25) is 0 Å². The van der Waals surface area contributed by atoms with Crippen LogP contribution in [0.4, 0.5) is 15.9 Å². The van der Waals surface area contributed by atoms with Crippen LogP contribution >= 0.6 is 0 Å². The van der Waals surface area contributed by atoms with Crippen molar-refractivity contribution in [3.8, 4) is 11.3 Å². The quantitative estimate of drug-likeness (QED) is 0.774. The van der Waals surface area contributed by atoms with Gasteiger partial charge in [0.1, 0.15) is 5.82 Å². The third kappa shape index (κ3) is 3.32. The molecule has 0 fully saturated rings. The minimum atomic E-state index is -0.473. The van der Waals surface area contributed by atoms with Crippen LogP contribution in [0, 0.1) is 5.82 Å². The van der Waals surface area contributed by atoms with E-state index in [2.05, 4.69) is 15.3 Å². The van der Waals surface area contributed by atoms with Crippen LogP contribution in [0.3, 0.4) is 0 Å². The molecule has 3 aromatic rings. The number of carbonyl (C=O) groups is 1. The molecule has 0 aliphatic rings. The average Bonchev–Trinajstić information content (AvgIpc) is 2.56. The van der Waals surface area contributed by atoms with Crippen molar-refractivity contribution in [3.05, 3.63) is 72.3 Å². The zero-order valence-electron chi connectivity index (χ0n) is 12.0. The third-order valence-electron chi connectivity index (χ3n) is 3.17. The van der Waals surface area contributed by atoms with E-state index in [0.29, 0.717) is 16.9 Å². The summed E-state index contributed by atoms with van der Waals surface area (Å²) < 4.78 is 13.3. The van der Waals surface area contributed by atoms with E-state index in [0.717, 1.165) is 0 Å². The molecule has 1 heterocycles. The Morgan fingerprint density at radius 2 is 1.91 bits per heavy atom. The van der Waals surface area contributed by atoms with Gasteiger partial charge in [-0.3, -0.25) is 4.79 Å². The zero-order chi connectivity index (χ0) is 16.2. The molecule has 0 saturated carbocycles. The van der Waals surface area contributed by atoms with Crippen LogP contribution in [0.25, 0.3) is 11.3 Å². The van der Waals surface area contributed by atoms with E-state index in [-0.39, 0.29) is 14.4 Å². The van der Waals surface area contributed by atoms with Crippen LogP contribution in [0.5, 0.6) is 0 Å². The lowest BCUT2D eigenvalue weighted by Gasteiger charge is -2.08. The van der Waals surface area contributed by atoms with E-state index in [4.69, 9.17) is 5.73 Å². The summed E-state index contributed by atoms with van der Waals surface area (Å²) in [6.45, 7) is 0. The van der Waals surface area contributed by atoms with Crippen molar-refractivity contribution in [2.75, 3.05) is 11.1 Å². The van der Waals surface area contributed by atoms with Crippen molar-refractivity contribution >= 4 is 17.4 Å². The van der Waals surface area contributed by atoms with Crippen LogP contribution in [-0.2, 0) is 0 Å². The lowest BCUT2D eigenvalue weighted by Crippen LogP contribution is -2.17. The lowest BCUT2D eigenvalue weighted by molar-refractivity contribution is 0.102. The van der Waals surface area contributed by atoms with E-state index in [1.165, 1.54) is 18.3 Å². The fraction of sp³-hybridized carbons (Fsp3) is 0. The van der Waals surface area contributed by atoms with Crippen molar-refractivity contribution in [1.82, 2.24) is 9.97 Å². The minimum absolute atomic E-state index is 0. The van der Waals surface area contributed by atoms with Crippen molar-refractivity contribution < 1.29 is 12.0 Å². The molecule has 0 aliphatic heterocycles. The molecule has 1 aromatic heterocycles. The standard InChI is InChI=1S/C17H13FN4O.2H2/c18-12-6-4-5-11(9-12)14-10-20-16(19)15(22-14)17(23)21-13-7-2-1-3-8-13;;/h1-10H,(H2,19,20)(H,21,23);2*1H. The van der Waals surface area contributed by atoms with Crippen LogP contribution in [0.1, 0.15) is 13.3 Å². The lowest BCUT2D eigenvalue weighted by atomic mass is 10.1. The first-order chi connectivity index (χ1) is 11.1. The molecule has 0 radical (unpaired) electrons. The highest BCUT2D eigenvalue weighted by Crippen LogP contribution is 2.20. The Hall–Kier alpha value is -3.28. The van der Waals surface area contributed by atoms with Gasteiger partial charge in [-0.15, -0.1) is 0 Å². The largest absolute Gasteiger partial charge is 0.382 e. The molecule has 0 saturated heterocycles. The molecule has 0 spiro atoms. The molecule has 6 heteroatoms. The summed E-state index contributed by atoms with van der Waals surface area (Å²) in [4.78, 5) is 20.5. The second kappa shape index (κ2) is 6.23. The second-order valence-corrected chi connectivity index (χ2v) is 4.82. The number of nitrogens with one attached hydrogen (secondary N) is 1. The predicted octanol–water partition coefficient (Wildman–Crippen LogP) is 3.61. The van der Waals surface area contributed by atoms with E-state index in [1.807, 2.05) is 6.07 Å².